The highest BCUT2D eigenvalue weighted by Gasteiger charge is 2.13. The van der Waals surface area contributed by atoms with Crippen molar-refractivity contribution in [1.82, 2.24) is 0 Å². The van der Waals surface area contributed by atoms with Gasteiger partial charge in [0.05, 0.1) is 0 Å². The van der Waals surface area contributed by atoms with Gasteiger partial charge in [-0.3, -0.25) is 0 Å². The molecule has 0 aliphatic rings. The standard InChI is InChI=1S/C42H32N2O2/c1-5-14-33(15-6-1)43(34-16-7-2-8-17-34)37-24-28-39(29-25-37)45-41-22-13-23-42(32-41)46-40-30-26-38(27-31-40)44(35-18-9-3-10-19-35)36-20-11-4-12-21-36/h1-32H. The third-order valence-corrected chi connectivity index (χ3v) is 7.52. The zero-order valence-electron chi connectivity index (χ0n) is 25.2. The molecule has 222 valence electrons. The molecule has 0 unspecified atom stereocenters. The van der Waals surface area contributed by atoms with E-state index in [1.54, 1.807) is 0 Å². The molecule has 0 N–H and O–H groups in total. The number of anilines is 6. The molecule has 0 fully saturated rings. The Morgan fingerprint density at radius 3 is 0.826 bits per heavy atom. The number of benzene rings is 7. The summed E-state index contributed by atoms with van der Waals surface area (Å²) in [6.07, 6.45) is 0. The third kappa shape index (κ3) is 6.62. The smallest absolute Gasteiger partial charge is 0.131 e. The van der Waals surface area contributed by atoms with Crippen molar-refractivity contribution in [1.29, 1.82) is 0 Å². The van der Waals surface area contributed by atoms with Gasteiger partial charge in [-0.1, -0.05) is 78.9 Å². The zero-order valence-corrected chi connectivity index (χ0v) is 25.2. The van der Waals surface area contributed by atoms with Gasteiger partial charge in [0.2, 0.25) is 0 Å². The van der Waals surface area contributed by atoms with Crippen LogP contribution >= 0.6 is 0 Å². The highest BCUT2D eigenvalue weighted by atomic mass is 16.5. The van der Waals surface area contributed by atoms with Crippen molar-refractivity contribution >= 4 is 34.1 Å². The fourth-order valence-corrected chi connectivity index (χ4v) is 5.40. The topological polar surface area (TPSA) is 24.9 Å². The van der Waals surface area contributed by atoms with Gasteiger partial charge < -0.3 is 19.3 Å². The summed E-state index contributed by atoms with van der Waals surface area (Å²) in [5.74, 6) is 2.88. The predicted molar refractivity (Wildman–Crippen MR) is 189 cm³/mol. The van der Waals surface area contributed by atoms with Gasteiger partial charge in [0.25, 0.3) is 0 Å². The Morgan fingerprint density at radius 1 is 0.239 bits per heavy atom. The second kappa shape index (κ2) is 13.6. The van der Waals surface area contributed by atoms with Crippen LogP contribution in [0.15, 0.2) is 194 Å². The first-order valence-electron chi connectivity index (χ1n) is 15.3. The lowest BCUT2D eigenvalue weighted by molar-refractivity contribution is 0.460. The average Bonchev–Trinajstić information content (AvgIpc) is 3.12. The van der Waals surface area contributed by atoms with Crippen molar-refractivity contribution in [2.75, 3.05) is 9.80 Å². The predicted octanol–water partition coefficient (Wildman–Crippen LogP) is 12.2. The van der Waals surface area contributed by atoms with Crippen molar-refractivity contribution in [3.63, 3.8) is 0 Å². The fourth-order valence-electron chi connectivity index (χ4n) is 5.40. The van der Waals surface area contributed by atoms with Crippen molar-refractivity contribution in [2.45, 2.75) is 0 Å². The lowest BCUT2D eigenvalue weighted by Gasteiger charge is -2.25. The maximum absolute atomic E-state index is 6.25. The summed E-state index contributed by atoms with van der Waals surface area (Å²) in [5.41, 5.74) is 6.45. The molecule has 0 spiro atoms. The van der Waals surface area contributed by atoms with Crippen LogP contribution in [0.4, 0.5) is 34.1 Å². The Labute approximate surface area is 270 Å². The maximum atomic E-state index is 6.25. The fraction of sp³-hybridized carbons (Fsp3) is 0. The van der Waals surface area contributed by atoms with Crippen LogP contribution in [-0.4, -0.2) is 0 Å². The van der Waals surface area contributed by atoms with Gasteiger partial charge >= 0.3 is 0 Å². The molecule has 0 aliphatic carbocycles. The summed E-state index contributed by atoms with van der Waals surface area (Å²) in [6.45, 7) is 0. The molecule has 4 nitrogen and oxygen atoms in total. The lowest BCUT2D eigenvalue weighted by atomic mass is 10.2. The van der Waals surface area contributed by atoms with Crippen molar-refractivity contribution in [3.05, 3.63) is 194 Å². The van der Waals surface area contributed by atoms with E-state index in [2.05, 4.69) is 131 Å². The van der Waals surface area contributed by atoms with Crippen molar-refractivity contribution < 1.29 is 9.47 Å². The highest BCUT2D eigenvalue weighted by molar-refractivity contribution is 5.77. The molecule has 0 saturated heterocycles. The lowest BCUT2D eigenvalue weighted by Crippen LogP contribution is -2.09. The van der Waals surface area contributed by atoms with Gasteiger partial charge in [-0.15, -0.1) is 0 Å². The second-order valence-electron chi connectivity index (χ2n) is 10.7. The van der Waals surface area contributed by atoms with E-state index in [1.165, 1.54) is 0 Å². The summed E-state index contributed by atoms with van der Waals surface area (Å²) in [4.78, 5) is 4.45. The van der Waals surface area contributed by atoms with Crippen LogP contribution in [0.5, 0.6) is 23.0 Å². The molecular formula is C42H32N2O2. The third-order valence-electron chi connectivity index (χ3n) is 7.52. The number of nitrogens with zero attached hydrogens (tertiary/aromatic N) is 2. The van der Waals surface area contributed by atoms with Crippen molar-refractivity contribution in [2.24, 2.45) is 0 Å². The monoisotopic (exact) mass is 596 g/mol. The first-order valence-corrected chi connectivity index (χ1v) is 15.3. The highest BCUT2D eigenvalue weighted by Crippen LogP contribution is 2.37. The van der Waals surface area contributed by atoms with Gasteiger partial charge in [0.1, 0.15) is 23.0 Å². The molecule has 4 heteroatoms. The van der Waals surface area contributed by atoms with E-state index in [0.717, 1.165) is 45.6 Å². The first-order chi connectivity index (χ1) is 22.8. The number of ether oxygens (including phenoxy) is 2. The van der Waals surface area contributed by atoms with Crippen LogP contribution in [0.1, 0.15) is 0 Å². The van der Waals surface area contributed by atoms with Gasteiger partial charge in [0, 0.05) is 40.2 Å². The van der Waals surface area contributed by atoms with E-state index in [1.807, 2.05) is 72.8 Å². The molecule has 0 atom stereocenters. The van der Waals surface area contributed by atoms with E-state index in [-0.39, 0.29) is 0 Å². The SMILES string of the molecule is c1ccc(N(c2ccccc2)c2ccc(Oc3cccc(Oc4ccc(N(c5ccccc5)c5ccccc5)cc4)c3)cc2)cc1. The number of para-hydroxylation sites is 4. The molecule has 7 rings (SSSR count). The van der Waals surface area contributed by atoms with Crippen molar-refractivity contribution in [3.8, 4) is 23.0 Å². The number of hydrogen-bond acceptors (Lipinski definition) is 4. The molecule has 0 saturated carbocycles. The minimum atomic E-state index is 0.698. The van der Waals surface area contributed by atoms with Gasteiger partial charge in [-0.25, -0.2) is 0 Å². The molecule has 0 aromatic heterocycles. The van der Waals surface area contributed by atoms with Gasteiger partial charge in [-0.05, 0) is 109 Å². The van der Waals surface area contributed by atoms with Crippen LogP contribution in [-0.2, 0) is 0 Å². The van der Waals surface area contributed by atoms with Gasteiger partial charge in [0.15, 0.2) is 0 Å². The van der Waals surface area contributed by atoms with Crippen LogP contribution in [0.25, 0.3) is 0 Å². The minimum Gasteiger partial charge on any atom is -0.457 e. The summed E-state index contributed by atoms with van der Waals surface area (Å²) >= 11 is 0. The maximum Gasteiger partial charge on any atom is 0.131 e. The largest absolute Gasteiger partial charge is 0.457 e. The summed E-state index contributed by atoms with van der Waals surface area (Å²) in [6, 6.07) is 65.4. The van der Waals surface area contributed by atoms with Crippen LogP contribution in [0.2, 0.25) is 0 Å². The Morgan fingerprint density at radius 2 is 0.522 bits per heavy atom. The molecule has 0 radical (unpaired) electrons. The summed E-state index contributed by atoms with van der Waals surface area (Å²) in [5, 5.41) is 0. The quantitative estimate of drug-likeness (QED) is 0.157. The molecule has 7 aromatic carbocycles. The summed E-state index contributed by atoms with van der Waals surface area (Å²) < 4.78 is 12.5. The first kappa shape index (κ1) is 28.5. The molecule has 46 heavy (non-hydrogen) atoms. The van der Waals surface area contributed by atoms with Crippen LogP contribution < -0.4 is 19.3 Å². The number of hydrogen-bond donors (Lipinski definition) is 0. The van der Waals surface area contributed by atoms with E-state index in [0.29, 0.717) is 11.5 Å². The van der Waals surface area contributed by atoms with E-state index in [4.69, 9.17) is 9.47 Å². The van der Waals surface area contributed by atoms with Gasteiger partial charge in [-0.2, -0.15) is 0 Å². The summed E-state index contributed by atoms with van der Waals surface area (Å²) in [7, 11) is 0. The average molecular weight is 597 g/mol. The molecule has 7 aromatic rings. The Bertz CT molecular complexity index is 1740. The van der Waals surface area contributed by atoms with Crippen LogP contribution in [0, 0.1) is 0 Å². The number of rotatable bonds is 10. The molecule has 0 amide bonds. The van der Waals surface area contributed by atoms with Crippen LogP contribution in [0.3, 0.4) is 0 Å². The molecular weight excluding hydrogens is 564 g/mol. The van der Waals surface area contributed by atoms with E-state index >= 15 is 0 Å². The normalized spacial score (nSPS) is 10.6. The second-order valence-corrected chi connectivity index (χ2v) is 10.7. The molecule has 0 heterocycles. The Hall–Kier alpha value is -6.26. The Kier molecular flexibility index (Phi) is 8.42. The minimum absolute atomic E-state index is 0.698. The molecule has 0 bridgehead atoms. The molecule has 0 aliphatic heterocycles. The van der Waals surface area contributed by atoms with E-state index in [9.17, 15) is 0 Å². The van der Waals surface area contributed by atoms with E-state index < -0.39 is 0 Å². The Balaban J connectivity index is 1.06. The zero-order chi connectivity index (χ0) is 31.0.